The van der Waals surface area contributed by atoms with Crippen molar-refractivity contribution in [1.29, 1.82) is 0 Å². The van der Waals surface area contributed by atoms with Gasteiger partial charge >= 0.3 is 5.97 Å². The lowest BCUT2D eigenvalue weighted by Crippen LogP contribution is -2.42. The number of aromatic nitrogens is 2. The number of amides is 1. The average molecular weight is 295 g/mol. The van der Waals surface area contributed by atoms with Gasteiger partial charge in [-0.15, -0.1) is 0 Å². The van der Waals surface area contributed by atoms with E-state index in [1.807, 2.05) is 0 Å². The van der Waals surface area contributed by atoms with Crippen molar-refractivity contribution in [2.45, 2.75) is 12.5 Å². The summed E-state index contributed by atoms with van der Waals surface area (Å²) in [5.74, 6) is -4.79. The van der Waals surface area contributed by atoms with E-state index in [1.165, 1.54) is 12.5 Å². The van der Waals surface area contributed by atoms with Gasteiger partial charge in [0.05, 0.1) is 11.9 Å². The number of halogens is 2. The fraction of sp³-hybridized carbons (Fsp3) is 0.154. The average Bonchev–Trinajstić information content (AvgIpc) is 2.93. The Morgan fingerprint density at radius 1 is 1.38 bits per heavy atom. The van der Waals surface area contributed by atoms with Gasteiger partial charge in [-0.2, -0.15) is 0 Å². The van der Waals surface area contributed by atoms with Crippen molar-refractivity contribution in [2.75, 3.05) is 0 Å². The Labute approximate surface area is 117 Å². The molecule has 110 valence electrons. The van der Waals surface area contributed by atoms with Crippen LogP contribution in [0.5, 0.6) is 0 Å². The molecular weight excluding hydrogens is 284 g/mol. The third-order valence-corrected chi connectivity index (χ3v) is 2.78. The minimum Gasteiger partial charge on any atom is -0.480 e. The van der Waals surface area contributed by atoms with Gasteiger partial charge in [0, 0.05) is 18.3 Å². The van der Waals surface area contributed by atoms with Crippen molar-refractivity contribution in [3.63, 3.8) is 0 Å². The molecule has 1 atom stereocenters. The van der Waals surface area contributed by atoms with Crippen LogP contribution in [0.3, 0.4) is 0 Å². The molecule has 3 N–H and O–H groups in total. The van der Waals surface area contributed by atoms with Gasteiger partial charge in [-0.25, -0.2) is 18.6 Å². The van der Waals surface area contributed by atoms with Crippen molar-refractivity contribution in [3.05, 3.63) is 53.6 Å². The lowest BCUT2D eigenvalue weighted by atomic mass is 10.1. The zero-order valence-corrected chi connectivity index (χ0v) is 10.6. The second kappa shape index (κ2) is 6.12. The normalized spacial score (nSPS) is 11.9. The quantitative estimate of drug-likeness (QED) is 0.770. The molecule has 21 heavy (non-hydrogen) atoms. The number of carboxylic acids is 1. The third-order valence-electron chi connectivity index (χ3n) is 2.78. The van der Waals surface area contributed by atoms with Crippen LogP contribution < -0.4 is 5.32 Å². The molecule has 0 radical (unpaired) electrons. The van der Waals surface area contributed by atoms with E-state index in [-0.39, 0.29) is 6.42 Å². The second-order valence-corrected chi connectivity index (χ2v) is 4.25. The summed E-state index contributed by atoms with van der Waals surface area (Å²) in [6.07, 6.45) is 2.71. The predicted molar refractivity (Wildman–Crippen MR) is 67.5 cm³/mol. The van der Waals surface area contributed by atoms with Crippen LogP contribution >= 0.6 is 0 Å². The molecule has 1 aromatic heterocycles. The van der Waals surface area contributed by atoms with E-state index in [9.17, 15) is 18.4 Å². The molecule has 8 heteroatoms. The van der Waals surface area contributed by atoms with Crippen LogP contribution in [0.4, 0.5) is 8.78 Å². The van der Waals surface area contributed by atoms with Gasteiger partial charge < -0.3 is 15.4 Å². The molecule has 0 bridgehead atoms. The molecule has 2 rings (SSSR count). The maximum Gasteiger partial charge on any atom is 0.326 e. The van der Waals surface area contributed by atoms with E-state index in [2.05, 4.69) is 15.3 Å². The highest BCUT2D eigenvalue weighted by atomic mass is 19.2. The number of hydrogen-bond donors (Lipinski definition) is 3. The predicted octanol–water partition coefficient (Wildman–Crippen LogP) is 1.11. The van der Waals surface area contributed by atoms with E-state index in [0.717, 1.165) is 18.2 Å². The Hall–Kier alpha value is -2.77. The first-order valence-corrected chi connectivity index (χ1v) is 5.94. The van der Waals surface area contributed by atoms with E-state index in [4.69, 9.17) is 5.11 Å². The molecule has 1 heterocycles. The van der Waals surface area contributed by atoms with E-state index in [1.54, 1.807) is 0 Å². The van der Waals surface area contributed by atoms with Crippen molar-refractivity contribution in [3.8, 4) is 0 Å². The summed E-state index contributed by atoms with van der Waals surface area (Å²) in [7, 11) is 0. The van der Waals surface area contributed by atoms with E-state index < -0.39 is 35.1 Å². The summed E-state index contributed by atoms with van der Waals surface area (Å²) in [4.78, 5) is 29.4. The number of H-pyrrole nitrogens is 1. The van der Waals surface area contributed by atoms with Crippen LogP contribution in [0.25, 0.3) is 0 Å². The van der Waals surface area contributed by atoms with Gasteiger partial charge in [0.1, 0.15) is 6.04 Å². The molecule has 0 saturated carbocycles. The summed E-state index contributed by atoms with van der Waals surface area (Å²) < 4.78 is 26.5. The van der Waals surface area contributed by atoms with Crippen molar-refractivity contribution < 1.29 is 23.5 Å². The summed E-state index contributed by atoms with van der Waals surface area (Å²) in [6, 6.07) is 1.81. The Morgan fingerprint density at radius 3 is 2.76 bits per heavy atom. The van der Waals surface area contributed by atoms with Gasteiger partial charge in [-0.3, -0.25) is 4.79 Å². The number of carbonyl (C=O) groups excluding carboxylic acids is 1. The SMILES string of the molecule is O=C(N[C@@H](Cc1cnc[nH]1)C(=O)O)c1cccc(F)c1F. The highest BCUT2D eigenvalue weighted by molar-refractivity contribution is 5.96. The number of carbonyl (C=O) groups is 2. The minimum atomic E-state index is -1.32. The Balaban J connectivity index is 2.15. The maximum absolute atomic E-state index is 13.5. The van der Waals surface area contributed by atoms with Gasteiger partial charge in [0.2, 0.25) is 0 Å². The smallest absolute Gasteiger partial charge is 0.326 e. The number of rotatable bonds is 5. The monoisotopic (exact) mass is 295 g/mol. The number of carboxylic acid groups (broad SMARTS) is 1. The van der Waals surface area contributed by atoms with Crippen LogP contribution in [-0.2, 0) is 11.2 Å². The van der Waals surface area contributed by atoms with Crippen LogP contribution in [0.2, 0.25) is 0 Å². The molecule has 2 aromatic rings. The molecule has 0 aliphatic rings. The van der Waals surface area contributed by atoms with Crippen molar-refractivity contribution in [1.82, 2.24) is 15.3 Å². The number of benzene rings is 1. The number of imidazole rings is 1. The zero-order chi connectivity index (χ0) is 15.4. The van der Waals surface area contributed by atoms with Gasteiger partial charge in [0.25, 0.3) is 5.91 Å². The first-order valence-electron chi connectivity index (χ1n) is 5.94. The van der Waals surface area contributed by atoms with Crippen molar-refractivity contribution in [2.24, 2.45) is 0 Å². The standard InChI is InChI=1S/C13H11F2N3O3/c14-9-3-1-2-8(11(9)15)12(19)18-10(13(20)21)4-7-5-16-6-17-7/h1-3,5-6,10H,4H2,(H,16,17)(H,18,19)(H,20,21)/t10-/m0/s1. The molecular formula is C13H11F2N3O3. The molecule has 1 aromatic carbocycles. The Morgan fingerprint density at radius 2 is 2.14 bits per heavy atom. The fourth-order valence-electron chi connectivity index (χ4n) is 1.73. The molecule has 0 aliphatic heterocycles. The molecule has 0 fully saturated rings. The molecule has 6 nitrogen and oxygen atoms in total. The lowest BCUT2D eigenvalue weighted by Gasteiger charge is -2.14. The molecule has 0 saturated heterocycles. The Kier molecular flexibility index (Phi) is 4.27. The topological polar surface area (TPSA) is 95.1 Å². The van der Waals surface area contributed by atoms with Gasteiger partial charge in [-0.1, -0.05) is 6.07 Å². The molecule has 0 unspecified atom stereocenters. The van der Waals surface area contributed by atoms with Gasteiger partial charge in [0.15, 0.2) is 11.6 Å². The first-order chi connectivity index (χ1) is 9.99. The van der Waals surface area contributed by atoms with Crippen LogP contribution in [0, 0.1) is 11.6 Å². The summed E-state index contributed by atoms with van der Waals surface area (Å²) >= 11 is 0. The molecule has 1 amide bonds. The second-order valence-electron chi connectivity index (χ2n) is 4.25. The zero-order valence-electron chi connectivity index (χ0n) is 10.6. The van der Waals surface area contributed by atoms with Crippen molar-refractivity contribution >= 4 is 11.9 Å². The van der Waals surface area contributed by atoms with Crippen LogP contribution in [0.1, 0.15) is 16.1 Å². The largest absolute Gasteiger partial charge is 0.480 e. The summed E-state index contributed by atoms with van der Waals surface area (Å²) in [5.41, 5.74) is -0.0618. The van der Waals surface area contributed by atoms with E-state index in [0.29, 0.717) is 5.69 Å². The summed E-state index contributed by atoms with van der Waals surface area (Å²) in [5, 5.41) is 11.2. The third kappa shape index (κ3) is 3.41. The fourth-order valence-corrected chi connectivity index (χ4v) is 1.73. The lowest BCUT2D eigenvalue weighted by molar-refractivity contribution is -0.139. The van der Waals surface area contributed by atoms with Gasteiger partial charge in [-0.05, 0) is 12.1 Å². The van der Waals surface area contributed by atoms with Crippen LogP contribution in [0.15, 0.2) is 30.7 Å². The molecule has 0 spiro atoms. The number of aromatic amines is 1. The summed E-state index contributed by atoms with van der Waals surface area (Å²) in [6.45, 7) is 0. The highest BCUT2D eigenvalue weighted by Crippen LogP contribution is 2.11. The number of hydrogen-bond acceptors (Lipinski definition) is 3. The highest BCUT2D eigenvalue weighted by Gasteiger charge is 2.24. The minimum absolute atomic E-state index is 0.0575. The first kappa shape index (κ1) is 14.6. The molecule has 0 aliphatic carbocycles. The number of nitrogens with one attached hydrogen (secondary N) is 2. The maximum atomic E-state index is 13.5. The van der Waals surface area contributed by atoms with E-state index >= 15 is 0 Å². The van der Waals surface area contributed by atoms with Crippen LogP contribution in [-0.4, -0.2) is 33.0 Å². The number of aliphatic carboxylic acids is 1. The number of nitrogens with zero attached hydrogens (tertiary/aromatic N) is 1. The Bertz CT molecular complexity index is 659.